The topological polar surface area (TPSA) is 50.3 Å². The van der Waals surface area contributed by atoms with Crippen LogP contribution in [0.1, 0.15) is 6.42 Å². The van der Waals surface area contributed by atoms with Crippen molar-refractivity contribution in [2.45, 2.75) is 11.6 Å². The van der Waals surface area contributed by atoms with Crippen LogP contribution in [0.25, 0.3) is 0 Å². The third kappa shape index (κ3) is 5.14. The molecule has 106 valence electrons. The van der Waals surface area contributed by atoms with E-state index in [0.29, 0.717) is 10.3 Å². The van der Waals surface area contributed by atoms with E-state index < -0.39 is 0 Å². The molecule has 0 aliphatic carbocycles. The molecule has 1 fully saturated rings. The molecule has 1 aliphatic rings. The van der Waals surface area contributed by atoms with Gasteiger partial charge < -0.3 is 10.1 Å². The molecule has 0 saturated carbocycles. The third-order valence-corrected chi connectivity index (χ3v) is 3.66. The molecule has 0 aromatic carbocycles. The van der Waals surface area contributed by atoms with Crippen LogP contribution in [0.5, 0.6) is 0 Å². The Morgan fingerprint density at radius 2 is 2.21 bits per heavy atom. The molecule has 0 bridgehead atoms. The molecule has 0 spiro atoms. The first kappa shape index (κ1) is 14.8. The predicted octanol–water partition coefficient (Wildman–Crippen LogP) is 1.99. The zero-order chi connectivity index (χ0) is 13.5. The van der Waals surface area contributed by atoms with E-state index in [1.54, 1.807) is 6.07 Å². The minimum Gasteiger partial charge on any atom is -0.379 e. The average molecular weight is 303 g/mol. The highest BCUT2D eigenvalue weighted by molar-refractivity contribution is 7.98. The van der Waals surface area contributed by atoms with Gasteiger partial charge in [-0.15, -0.1) is 0 Å². The van der Waals surface area contributed by atoms with Crippen LogP contribution in [-0.4, -0.2) is 60.5 Å². The van der Waals surface area contributed by atoms with Gasteiger partial charge in [-0.3, -0.25) is 4.90 Å². The van der Waals surface area contributed by atoms with Crippen molar-refractivity contribution in [3.63, 3.8) is 0 Å². The first-order valence-electron chi connectivity index (χ1n) is 6.40. The van der Waals surface area contributed by atoms with Crippen molar-refractivity contribution < 1.29 is 4.74 Å². The second-order valence-electron chi connectivity index (χ2n) is 4.30. The molecule has 19 heavy (non-hydrogen) atoms. The van der Waals surface area contributed by atoms with E-state index in [9.17, 15) is 0 Å². The number of morpholine rings is 1. The maximum atomic E-state index is 5.94. The van der Waals surface area contributed by atoms with Crippen molar-refractivity contribution in [3.8, 4) is 0 Å². The molecule has 1 N–H and O–H groups in total. The van der Waals surface area contributed by atoms with E-state index in [2.05, 4.69) is 20.2 Å². The lowest BCUT2D eigenvalue weighted by Crippen LogP contribution is -2.37. The SMILES string of the molecule is CSc1nc(Cl)cc(NCCCN2CCOCC2)n1. The Labute approximate surface area is 123 Å². The molecule has 1 aliphatic heterocycles. The van der Waals surface area contributed by atoms with Gasteiger partial charge in [-0.25, -0.2) is 9.97 Å². The summed E-state index contributed by atoms with van der Waals surface area (Å²) in [4.78, 5) is 10.9. The lowest BCUT2D eigenvalue weighted by Gasteiger charge is -2.26. The number of nitrogens with zero attached hydrogens (tertiary/aromatic N) is 3. The first-order chi connectivity index (χ1) is 9.28. The van der Waals surface area contributed by atoms with Crippen LogP contribution in [0, 0.1) is 0 Å². The monoisotopic (exact) mass is 302 g/mol. The molecule has 1 saturated heterocycles. The van der Waals surface area contributed by atoms with E-state index in [1.807, 2.05) is 6.26 Å². The lowest BCUT2D eigenvalue weighted by molar-refractivity contribution is 0.0378. The summed E-state index contributed by atoms with van der Waals surface area (Å²) in [5.41, 5.74) is 0. The van der Waals surface area contributed by atoms with Crippen LogP contribution in [-0.2, 0) is 4.74 Å². The van der Waals surface area contributed by atoms with Gasteiger partial charge >= 0.3 is 0 Å². The van der Waals surface area contributed by atoms with Gasteiger partial charge in [0.25, 0.3) is 0 Å². The summed E-state index contributed by atoms with van der Waals surface area (Å²) >= 11 is 7.43. The van der Waals surface area contributed by atoms with Crippen LogP contribution in [0.15, 0.2) is 11.2 Å². The van der Waals surface area contributed by atoms with Gasteiger partial charge in [-0.2, -0.15) is 0 Å². The van der Waals surface area contributed by atoms with Gasteiger partial charge in [0.05, 0.1) is 13.2 Å². The zero-order valence-electron chi connectivity index (χ0n) is 11.1. The van der Waals surface area contributed by atoms with Crippen molar-refractivity contribution in [2.75, 3.05) is 51.0 Å². The summed E-state index contributed by atoms with van der Waals surface area (Å²) in [6, 6.07) is 1.76. The number of rotatable bonds is 6. The van der Waals surface area contributed by atoms with Crippen LogP contribution >= 0.6 is 23.4 Å². The van der Waals surface area contributed by atoms with E-state index >= 15 is 0 Å². The fourth-order valence-corrected chi connectivity index (χ4v) is 2.54. The highest BCUT2D eigenvalue weighted by atomic mass is 35.5. The lowest BCUT2D eigenvalue weighted by atomic mass is 10.3. The Bertz CT molecular complexity index is 401. The number of nitrogens with one attached hydrogen (secondary N) is 1. The van der Waals surface area contributed by atoms with Crippen molar-refractivity contribution >= 4 is 29.2 Å². The molecule has 5 nitrogen and oxygen atoms in total. The van der Waals surface area contributed by atoms with Crippen LogP contribution in [0.3, 0.4) is 0 Å². The van der Waals surface area contributed by atoms with Crippen LogP contribution < -0.4 is 5.32 Å². The third-order valence-electron chi connectivity index (χ3n) is 2.92. The molecule has 1 aromatic rings. The highest BCUT2D eigenvalue weighted by Crippen LogP contribution is 2.17. The largest absolute Gasteiger partial charge is 0.379 e. The molecule has 2 rings (SSSR count). The molecule has 1 aromatic heterocycles. The summed E-state index contributed by atoms with van der Waals surface area (Å²) < 4.78 is 5.32. The van der Waals surface area contributed by atoms with Gasteiger partial charge in [0, 0.05) is 25.7 Å². The van der Waals surface area contributed by atoms with E-state index in [1.165, 1.54) is 11.8 Å². The number of thioether (sulfide) groups is 1. The summed E-state index contributed by atoms with van der Waals surface area (Å²) in [5, 5.41) is 4.47. The van der Waals surface area contributed by atoms with Crippen LogP contribution in [0.4, 0.5) is 5.82 Å². The maximum Gasteiger partial charge on any atom is 0.190 e. The van der Waals surface area contributed by atoms with E-state index in [4.69, 9.17) is 16.3 Å². The fourth-order valence-electron chi connectivity index (χ4n) is 1.92. The maximum absolute atomic E-state index is 5.94. The normalized spacial score (nSPS) is 16.5. The average Bonchev–Trinajstić information content (AvgIpc) is 2.44. The quantitative estimate of drug-likeness (QED) is 0.375. The molecule has 0 radical (unpaired) electrons. The number of aromatic nitrogens is 2. The van der Waals surface area contributed by atoms with Crippen molar-refractivity contribution in [1.82, 2.24) is 14.9 Å². The number of ether oxygens (including phenoxy) is 1. The molecule has 7 heteroatoms. The summed E-state index contributed by atoms with van der Waals surface area (Å²) in [6.07, 6.45) is 3.02. The highest BCUT2D eigenvalue weighted by Gasteiger charge is 2.09. The number of anilines is 1. The Morgan fingerprint density at radius 1 is 1.42 bits per heavy atom. The molecule has 0 amide bonds. The minimum absolute atomic E-state index is 0.482. The summed E-state index contributed by atoms with van der Waals surface area (Å²) in [6.45, 7) is 5.76. The first-order valence-corrected chi connectivity index (χ1v) is 8.01. The molecular formula is C12H19ClN4OS. The van der Waals surface area contributed by atoms with E-state index in [0.717, 1.165) is 51.6 Å². The smallest absolute Gasteiger partial charge is 0.190 e. The van der Waals surface area contributed by atoms with Gasteiger partial charge in [-0.05, 0) is 19.2 Å². The second kappa shape index (κ2) is 7.89. The standard InChI is InChI=1S/C12H19ClN4OS/c1-19-12-15-10(13)9-11(16-12)14-3-2-4-17-5-7-18-8-6-17/h9H,2-8H2,1H3,(H,14,15,16). The van der Waals surface area contributed by atoms with Crippen molar-refractivity contribution in [2.24, 2.45) is 0 Å². The van der Waals surface area contributed by atoms with Crippen LogP contribution in [0.2, 0.25) is 5.15 Å². The number of hydrogen-bond acceptors (Lipinski definition) is 6. The van der Waals surface area contributed by atoms with Gasteiger partial charge in [0.1, 0.15) is 11.0 Å². The van der Waals surface area contributed by atoms with Crippen molar-refractivity contribution in [1.29, 1.82) is 0 Å². The number of halogens is 1. The Kier molecular flexibility index (Phi) is 6.16. The van der Waals surface area contributed by atoms with Gasteiger partial charge in [0.2, 0.25) is 0 Å². The Hall–Kier alpha value is -0.560. The van der Waals surface area contributed by atoms with Gasteiger partial charge in [0.15, 0.2) is 5.16 Å². The predicted molar refractivity (Wildman–Crippen MR) is 79.2 cm³/mol. The second-order valence-corrected chi connectivity index (χ2v) is 5.46. The Balaban J connectivity index is 1.71. The zero-order valence-corrected chi connectivity index (χ0v) is 12.6. The summed E-state index contributed by atoms with van der Waals surface area (Å²) in [7, 11) is 0. The Morgan fingerprint density at radius 3 is 2.95 bits per heavy atom. The fraction of sp³-hybridized carbons (Fsp3) is 0.667. The molecule has 0 unspecified atom stereocenters. The molecular weight excluding hydrogens is 284 g/mol. The number of hydrogen-bond donors (Lipinski definition) is 1. The molecule has 2 heterocycles. The molecule has 0 atom stereocenters. The minimum atomic E-state index is 0.482. The van der Waals surface area contributed by atoms with Crippen molar-refractivity contribution in [3.05, 3.63) is 11.2 Å². The summed E-state index contributed by atoms with van der Waals surface area (Å²) in [5.74, 6) is 0.798. The van der Waals surface area contributed by atoms with E-state index in [-0.39, 0.29) is 0 Å². The van der Waals surface area contributed by atoms with Gasteiger partial charge in [-0.1, -0.05) is 23.4 Å².